The number of thioether (sulfide) groups is 1. The van der Waals surface area contributed by atoms with E-state index in [1.807, 2.05) is 0 Å². The summed E-state index contributed by atoms with van der Waals surface area (Å²) in [4.78, 5) is 10.2. The SMILES string of the molecule is CCSCc1ccc([N+](=O)[O-])c(NN)c1. The normalized spacial score (nSPS) is 10.0. The fraction of sp³-hybridized carbons (Fsp3) is 0.333. The van der Waals surface area contributed by atoms with Gasteiger partial charge in [0.25, 0.3) is 5.69 Å². The molecule has 82 valence electrons. The molecule has 0 saturated heterocycles. The van der Waals surface area contributed by atoms with Crippen LogP contribution in [-0.2, 0) is 5.75 Å². The van der Waals surface area contributed by atoms with Crippen LogP contribution in [0.3, 0.4) is 0 Å². The van der Waals surface area contributed by atoms with Crippen LogP contribution in [-0.4, -0.2) is 10.7 Å². The van der Waals surface area contributed by atoms with Gasteiger partial charge in [-0.2, -0.15) is 11.8 Å². The molecule has 0 atom stereocenters. The van der Waals surface area contributed by atoms with E-state index >= 15 is 0 Å². The lowest BCUT2D eigenvalue weighted by atomic mass is 10.2. The van der Waals surface area contributed by atoms with Gasteiger partial charge < -0.3 is 5.43 Å². The molecule has 3 N–H and O–H groups in total. The molecule has 0 unspecified atom stereocenters. The number of nitro groups is 1. The summed E-state index contributed by atoms with van der Waals surface area (Å²) in [6, 6.07) is 4.93. The molecule has 5 nitrogen and oxygen atoms in total. The molecule has 0 spiro atoms. The summed E-state index contributed by atoms with van der Waals surface area (Å²) in [6.45, 7) is 2.07. The molecule has 1 aromatic rings. The van der Waals surface area contributed by atoms with Crippen LogP contribution in [0.2, 0.25) is 0 Å². The lowest BCUT2D eigenvalue weighted by Crippen LogP contribution is -2.09. The maximum absolute atomic E-state index is 10.6. The van der Waals surface area contributed by atoms with Crippen LogP contribution >= 0.6 is 11.8 Å². The number of nitrogens with one attached hydrogen (secondary N) is 1. The second kappa shape index (κ2) is 5.57. The third kappa shape index (κ3) is 3.10. The maximum atomic E-state index is 10.6. The minimum absolute atomic E-state index is 0.00254. The molecule has 0 bridgehead atoms. The number of hydrogen-bond donors (Lipinski definition) is 2. The van der Waals surface area contributed by atoms with Gasteiger partial charge >= 0.3 is 0 Å². The summed E-state index contributed by atoms with van der Waals surface area (Å²) >= 11 is 1.76. The second-order valence-electron chi connectivity index (χ2n) is 2.89. The smallest absolute Gasteiger partial charge is 0.293 e. The molecule has 1 aromatic carbocycles. The predicted octanol–water partition coefficient (Wildman–Crippen LogP) is 2.13. The molecule has 0 aliphatic heterocycles. The Morgan fingerprint density at radius 3 is 2.87 bits per heavy atom. The van der Waals surface area contributed by atoms with Gasteiger partial charge in [-0.1, -0.05) is 13.0 Å². The second-order valence-corrected chi connectivity index (χ2v) is 4.16. The number of nitrogens with two attached hydrogens (primary N) is 1. The Morgan fingerprint density at radius 1 is 1.60 bits per heavy atom. The highest BCUT2D eigenvalue weighted by atomic mass is 32.2. The highest BCUT2D eigenvalue weighted by Crippen LogP contribution is 2.26. The largest absolute Gasteiger partial charge is 0.318 e. The zero-order valence-corrected chi connectivity index (χ0v) is 9.21. The Balaban J connectivity index is 2.92. The number of hydrogen-bond acceptors (Lipinski definition) is 5. The van der Waals surface area contributed by atoms with Crippen LogP contribution < -0.4 is 11.3 Å². The third-order valence-electron chi connectivity index (χ3n) is 1.89. The van der Waals surface area contributed by atoms with Crippen LogP contribution in [0.25, 0.3) is 0 Å². The van der Waals surface area contributed by atoms with Crippen LogP contribution in [0.5, 0.6) is 0 Å². The summed E-state index contributed by atoms with van der Waals surface area (Å²) in [5, 5.41) is 10.6. The molecule has 15 heavy (non-hydrogen) atoms. The van der Waals surface area contributed by atoms with Gasteiger partial charge in [-0.05, 0) is 17.4 Å². The number of hydrazine groups is 1. The van der Waals surface area contributed by atoms with E-state index in [1.165, 1.54) is 6.07 Å². The Bertz CT molecular complexity index is 357. The first-order chi connectivity index (χ1) is 7.19. The molecule has 6 heteroatoms. The van der Waals surface area contributed by atoms with Crippen molar-refractivity contribution in [2.24, 2.45) is 5.84 Å². The van der Waals surface area contributed by atoms with E-state index in [4.69, 9.17) is 5.84 Å². The van der Waals surface area contributed by atoms with Gasteiger partial charge in [-0.15, -0.1) is 0 Å². The van der Waals surface area contributed by atoms with E-state index < -0.39 is 4.92 Å². The average molecular weight is 227 g/mol. The zero-order chi connectivity index (χ0) is 11.3. The van der Waals surface area contributed by atoms with Crippen molar-refractivity contribution in [2.75, 3.05) is 11.2 Å². The molecule has 1 rings (SSSR count). The summed E-state index contributed by atoms with van der Waals surface area (Å²) in [6.07, 6.45) is 0. The highest BCUT2D eigenvalue weighted by molar-refractivity contribution is 7.98. The predicted molar refractivity (Wildman–Crippen MR) is 62.7 cm³/mol. The van der Waals surface area contributed by atoms with Gasteiger partial charge in [-0.3, -0.25) is 16.0 Å². The maximum Gasteiger partial charge on any atom is 0.293 e. The first-order valence-electron chi connectivity index (χ1n) is 4.50. The fourth-order valence-electron chi connectivity index (χ4n) is 1.17. The molecule has 0 saturated carbocycles. The van der Waals surface area contributed by atoms with Crippen molar-refractivity contribution in [1.29, 1.82) is 0 Å². The minimum atomic E-state index is -0.452. The summed E-state index contributed by atoms with van der Waals surface area (Å²) in [5.74, 6) is 7.08. The Kier molecular flexibility index (Phi) is 4.38. The number of nitrogens with zero attached hydrogens (tertiary/aromatic N) is 1. The first kappa shape index (κ1) is 11.8. The lowest BCUT2D eigenvalue weighted by Gasteiger charge is -2.04. The van der Waals surface area contributed by atoms with E-state index in [-0.39, 0.29) is 5.69 Å². The van der Waals surface area contributed by atoms with Gasteiger partial charge in [0, 0.05) is 11.8 Å². The summed E-state index contributed by atoms with van der Waals surface area (Å²) in [7, 11) is 0. The first-order valence-corrected chi connectivity index (χ1v) is 5.66. The van der Waals surface area contributed by atoms with Crippen molar-refractivity contribution in [3.63, 3.8) is 0 Å². The molecular formula is C9H13N3O2S. The standard InChI is InChI=1S/C9H13N3O2S/c1-2-15-6-7-3-4-9(12(13)14)8(5-7)11-10/h3-5,11H,2,6,10H2,1H3. The van der Waals surface area contributed by atoms with Crippen LogP contribution in [0.15, 0.2) is 18.2 Å². The Labute approximate surface area is 92.2 Å². The van der Waals surface area contributed by atoms with E-state index in [0.717, 1.165) is 17.1 Å². The van der Waals surface area contributed by atoms with Gasteiger partial charge in [-0.25, -0.2) is 0 Å². The topological polar surface area (TPSA) is 81.2 Å². The molecule has 0 aliphatic carbocycles. The van der Waals surface area contributed by atoms with E-state index in [9.17, 15) is 10.1 Å². The molecular weight excluding hydrogens is 214 g/mol. The third-order valence-corrected chi connectivity index (χ3v) is 2.83. The van der Waals surface area contributed by atoms with Gasteiger partial charge in [0.15, 0.2) is 0 Å². The van der Waals surface area contributed by atoms with Crippen molar-refractivity contribution >= 4 is 23.1 Å². The summed E-state index contributed by atoms with van der Waals surface area (Å²) < 4.78 is 0. The average Bonchev–Trinajstić information content (AvgIpc) is 2.25. The fourth-order valence-corrected chi connectivity index (χ4v) is 1.79. The molecule has 0 fully saturated rings. The van der Waals surface area contributed by atoms with Crippen molar-refractivity contribution < 1.29 is 4.92 Å². The van der Waals surface area contributed by atoms with Gasteiger partial charge in [0.05, 0.1) is 4.92 Å². The van der Waals surface area contributed by atoms with E-state index in [2.05, 4.69) is 12.3 Å². The van der Waals surface area contributed by atoms with Gasteiger partial charge in [0.1, 0.15) is 5.69 Å². The van der Waals surface area contributed by atoms with Gasteiger partial charge in [0.2, 0.25) is 0 Å². The molecule has 0 aliphatic rings. The highest BCUT2D eigenvalue weighted by Gasteiger charge is 2.12. The lowest BCUT2D eigenvalue weighted by molar-refractivity contribution is -0.384. The Hall–Kier alpha value is -1.27. The number of rotatable bonds is 5. The molecule has 0 heterocycles. The quantitative estimate of drug-likeness (QED) is 0.457. The molecule has 0 radical (unpaired) electrons. The van der Waals surface area contributed by atoms with Crippen molar-refractivity contribution in [3.05, 3.63) is 33.9 Å². The Morgan fingerprint density at radius 2 is 2.33 bits per heavy atom. The number of nitro benzene ring substituents is 1. The summed E-state index contributed by atoms with van der Waals surface area (Å²) in [5.41, 5.74) is 3.73. The molecule has 0 aromatic heterocycles. The van der Waals surface area contributed by atoms with Crippen LogP contribution in [0, 0.1) is 10.1 Å². The van der Waals surface area contributed by atoms with Crippen molar-refractivity contribution in [3.8, 4) is 0 Å². The minimum Gasteiger partial charge on any atom is -0.318 e. The van der Waals surface area contributed by atoms with Crippen LogP contribution in [0.4, 0.5) is 11.4 Å². The van der Waals surface area contributed by atoms with Crippen LogP contribution in [0.1, 0.15) is 12.5 Å². The number of nitrogen functional groups attached to an aromatic ring is 1. The van der Waals surface area contributed by atoms with Crippen molar-refractivity contribution in [1.82, 2.24) is 0 Å². The van der Waals surface area contributed by atoms with E-state index in [1.54, 1.807) is 23.9 Å². The molecule has 0 amide bonds. The van der Waals surface area contributed by atoms with E-state index in [0.29, 0.717) is 5.69 Å². The van der Waals surface area contributed by atoms with Crippen molar-refractivity contribution in [2.45, 2.75) is 12.7 Å². The monoisotopic (exact) mass is 227 g/mol. The number of benzene rings is 1. The zero-order valence-electron chi connectivity index (χ0n) is 8.40. The number of anilines is 1.